The van der Waals surface area contributed by atoms with Crippen molar-refractivity contribution < 1.29 is 14.3 Å². The Bertz CT molecular complexity index is 1200. The fraction of sp³-hybridized carbons (Fsp3) is 0.567. The van der Waals surface area contributed by atoms with Gasteiger partial charge in [-0.05, 0) is 76.6 Å². The molecule has 2 amide bonds. The minimum atomic E-state index is -0.0451. The number of ether oxygens (including phenoxy) is 1. The smallest absolute Gasteiger partial charge is 0.253 e. The molecule has 6 rings (SSSR count). The van der Waals surface area contributed by atoms with Gasteiger partial charge in [-0.25, -0.2) is 4.98 Å². The summed E-state index contributed by atoms with van der Waals surface area (Å²) < 4.78 is 5.77. The molecule has 202 valence electrons. The average molecular weight is 518 g/mol. The number of nitrogens with one attached hydrogen (secondary N) is 2. The maximum atomic E-state index is 13.2. The Balaban J connectivity index is 1.06. The molecule has 1 aromatic heterocycles. The number of benzene rings is 1. The first-order valence-electron chi connectivity index (χ1n) is 14.2. The van der Waals surface area contributed by atoms with E-state index in [-0.39, 0.29) is 23.9 Å². The topological polar surface area (TPSA) is 86.8 Å². The quantitative estimate of drug-likeness (QED) is 0.610. The van der Waals surface area contributed by atoms with Gasteiger partial charge in [0.15, 0.2) is 0 Å². The summed E-state index contributed by atoms with van der Waals surface area (Å²) in [6, 6.07) is 9.39. The van der Waals surface area contributed by atoms with Gasteiger partial charge >= 0.3 is 0 Å². The number of anilines is 1. The zero-order valence-corrected chi connectivity index (χ0v) is 22.7. The highest BCUT2D eigenvalue weighted by Gasteiger charge is 2.42. The summed E-state index contributed by atoms with van der Waals surface area (Å²) >= 11 is 0. The SMILES string of the molecule is Cc1c(C(=O)N[C@H]2C[C@H]3CC[C@@H](C2)N3c2ccc(C(=O)N[C@H]3CCN(C(C)C)C3)cn2)ccc2c1OCC2. The number of pyridine rings is 1. The van der Waals surface area contributed by atoms with E-state index < -0.39 is 0 Å². The molecule has 38 heavy (non-hydrogen) atoms. The van der Waals surface area contributed by atoms with Gasteiger partial charge in [-0.15, -0.1) is 0 Å². The van der Waals surface area contributed by atoms with E-state index in [0.29, 0.717) is 35.9 Å². The number of aromatic nitrogens is 1. The van der Waals surface area contributed by atoms with Gasteiger partial charge < -0.3 is 20.3 Å². The molecule has 0 unspecified atom stereocenters. The van der Waals surface area contributed by atoms with Crippen LogP contribution in [0.25, 0.3) is 0 Å². The van der Waals surface area contributed by atoms with E-state index in [9.17, 15) is 9.59 Å². The molecule has 8 nitrogen and oxygen atoms in total. The molecule has 0 aliphatic carbocycles. The zero-order chi connectivity index (χ0) is 26.4. The van der Waals surface area contributed by atoms with Crippen LogP contribution in [0.4, 0.5) is 5.82 Å². The Morgan fingerprint density at radius 2 is 1.76 bits per heavy atom. The Hall–Kier alpha value is -3.13. The molecule has 1 aromatic carbocycles. The van der Waals surface area contributed by atoms with E-state index in [1.54, 1.807) is 6.20 Å². The van der Waals surface area contributed by atoms with Crippen LogP contribution in [0, 0.1) is 6.92 Å². The molecule has 3 fully saturated rings. The van der Waals surface area contributed by atoms with Gasteiger partial charge in [0, 0.05) is 67.0 Å². The number of rotatable bonds is 6. The van der Waals surface area contributed by atoms with Crippen molar-refractivity contribution in [3.63, 3.8) is 0 Å². The number of carbonyl (C=O) groups excluding carboxylic acids is 2. The summed E-state index contributed by atoms with van der Waals surface area (Å²) in [6.07, 6.45) is 7.62. The molecule has 2 N–H and O–H groups in total. The van der Waals surface area contributed by atoms with Gasteiger partial charge in [0.25, 0.3) is 11.8 Å². The lowest BCUT2D eigenvalue weighted by molar-refractivity contribution is 0.0921. The van der Waals surface area contributed by atoms with E-state index >= 15 is 0 Å². The number of hydrogen-bond acceptors (Lipinski definition) is 6. The Kier molecular flexibility index (Phi) is 6.76. The van der Waals surface area contributed by atoms with E-state index in [4.69, 9.17) is 9.72 Å². The third-order valence-electron chi connectivity index (χ3n) is 8.98. The third-order valence-corrected chi connectivity index (χ3v) is 8.98. The molecule has 0 spiro atoms. The number of likely N-dealkylation sites (tertiary alicyclic amines) is 1. The number of hydrogen-bond donors (Lipinski definition) is 2. The number of fused-ring (bicyclic) bond motifs is 3. The summed E-state index contributed by atoms with van der Waals surface area (Å²) in [5.41, 5.74) is 3.46. The Morgan fingerprint density at radius 3 is 2.45 bits per heavy atom. The van der Waals surface area contributed by atoms with Gasteiger partial charge in [0.2, 0.25) is 0 Å². The lowest BCUT2D eigenvalue weighted by Gasteiger charge is -2.40. The monoisotopic (exact) mass is 517 g/mol. The summed E-state index contributed by atoms with van der Waals surface area (Å²) in [5.74, 6) is 1.76. The normalized spacial score (nSPS) is 26.4. The third kappa shape index (κ3) is 4.75. The number of carbonyl (C=O) groups is 2. The minimum absolute atomic E-state index is 0.00841. The molecule has 5 heterocycles. The second-order valence-electron chi connectivity index (χ2n) is 11.7. The maximum Gasteiger partial charge on any atom is 0.253 e. The van der Waals surface area contributed by atoms with Crippen LogP contribution in [0.3, 0.4) is 0 Å². The van der Waals surface area contributed by atoms with Crippen molar-refractivity contribution in [2.75, 3.05) is 24.6 Å². The molecule has 4 aliphatic heterocycles. The highest BCUT2D eigenvalue weighted by molar-refractivity contribution is 5.97. The molecule has 2 bridgehead atoms. The molecule has 8 heteroatoms. The largest absolute Gasteiger partial charge is 0.493 e. The number of piperidine rings is 1. The van der Waals surface area contributed by atoms with Gasteiger partial charge in [0.05, 0.1) is 12.2 Å². The Labute approximate surface area is 225 Å². The molecule has 0 radical (unpaired) electrons. The van der Waals surface area contributed by atoms with Crippen molar-refractivity contribution in [3.05, 3.63) is 52.7 Å². The van der Waals surface area contributed by atoms with E-state index in [0.717, 1.165) is 68.7 Å². The molecule has 3 saturated heterocycles. The predicted molar refractivity (Wildman–Crippen MR) is 147 cm³/mol. The summed E-state index contributed by atoms with van der Waals surface area (Å²) in [7, 11) is 0. The molecule has 2 aromatic rings. The van der Waals surface area contributed by atoms with Crippen molar-refractivity contribution >= 4 is 17.6 Å². The molecule has 4 atom stereocenters. The van der Waals surface area contributed by atoms with Crippen LogP contribution in [-0.4, -0.2) is 71.6 Å². The van der Waals surface area contributed by atoms with Crippen LogP contribution < -0.4 is 20.3 Å². The van der Waals surface area contributed by atoms with Crippen LogP contribution in [-0.2, 0) is 6.42 Å². The highest BCUT2D eigenvalue weighted by atomic mass is 16.5. The standard InChI is InChI=1S/C30H39N5O3/c1-18(2)34-12-10-22(17-34)32-29(36)21-5-9-27(31-16-21)35-24-6-7-25(35)15-23(14-24)33-30(37)26-8-4-20-11-13-38-28(20)19(26)3/h4-5,8-9,16,18,22-25H,6-7,10-15,17H2,1-3H3,(H,32,36)(H,33,37)/t22-,23-,24+,25-/m0/s1. The summed E-state index contributed by atoms with van der Waals surface area (Å²) in [4.78, 5) is 35.5. The van der Waals surface area contributed by atoms with Crippen LogP contribution in [0.5, 0.6) is 5.75 Å². The van der Waals surface area contributed by atoms with Crippen LogP contribution in [0.2, 0.25) is 0 Å². The lowest BCUT2D eigenvalue weighted by atomic mass is 9.96. The molecule has 4 aliphatic rings. The van der Waals surface area contributed by atoms with Gasteiger partial charge in [-0.1, -0.05) is 6.07 Å². The van der Waals surface area contributed by atoms with Crippen molar-refractivity contribution in [2.45, 2.75) is 89.5 Å². The van der Waals surface area contributed by atoms with Gasteiger partial charge in [-0.2, -0.15) is 0 Å². The van der Waals surface area contributed by atoms with Crippen molar-refractivity contribution in [3.8, 4) is 5.75 Å². The van der Waals surface area contributed by atoms with Crippen molar-refractivity contribution in [1.82, 2.24) is 20.5 Å². The zero-order valence-electron chi connectivity index (χ0n) is 22.7. The van der Waals surface area contributed by atoms with Crippen LogP contribution in [0.1, 0.15) is 77.8 Å². The van der Waals surface area contributed by atoms with Gasteiger partial charge in [0.1, 0.15) is 11.6 Å². The predicted octanol–water partition coefficient (Wildman–Crippen LogP) is 3.47. The van der Waals surface area contributed by atoms with Crippen LogP contribution >= 0.6 is 0 Å². The highest BCUT2D eigenvalue weighted by Crippen LogP contribution is 2.39. The van der Waals surface area contributed by atoms with E-state index in [2.05, 4.69) is 34.3 Å². The van der Waals surface area contributed by atoms with E-state index in [1.807, 2.05) is 31.2 Å². The average Bonchev–Trinajstić information content (AvgIpc) is 3.63. The van der Waals surface area contributed by atoms with Crippen LogP contribution in [0.15, 0.2) is 30.5 Å². The lowest BCUT2D eigenvalue weighted by Crippen LogP contribution is -2.50. The fourth-order valence-electron chi connectivity index (χ4n) is 6.90. The second-order valence-corrected chi connectivity index (χ2v) is 11.7. The minimum Gasteiger partial charge on any atom is -0.493 e. The Morgan fingerprint density at radius 1 is 1.00 bits per heavy atom. The maximum absolute atomic E-state index is 13.2. The first-order valence-corrected chi connectivity index (χ1v) is 14.2. The first kappa shape index (κ1) is 25.2. The van der Waals surface area contributed by atoms with E-state index in [1.165, 1.54) is 5.56 Å². The number of nitrogens with zero attached hydrogens (tertiary/aromatic N) is 3. The molecule has 0 saturated carbocycles. The summed E-state index contributed by atoms with van der Waals surface area (Å²) in [6.45, 7) is 9.00. The van der Waals surface area contributed by atoms with Crippen molar-refractivity contribution in [1.29, 1.82) is 0 Å². The first-order chi connectivity index (χ1) is 18.4. The van der Waals surface area contributed by atoms with Crippen molar-refractivity contribution in [2.24, 2.45) is 0 Å². The van der Waals surface area contributed by atoms with Gasteiger partial charge in [-0.3, -0.25) is 14.5 Å². The molecular formula is C30H39N5O3. The summed E-state index contributed by atoms with van der Waals surface area (Å²) in [5, 5.41) is 6.49. The fourth-order valence-corrected chi connectivity index (χ4v) is 6.90. The second kappa shape index (κ2) is 10.2. The molecular weight excluding hydrogens is 478 g/mol. The number of amides is 2.